The van der Waals surface area contributed by atoms with Crippen LogP contribution in [0.5, 0.6) is 0 Å². The normalized spacial score (nSPS) is 14.3. The van der Waals surface area contributed by atoms with Crippen molar-refractivity contribution in [3.05, 3.63) is 51.0 Å². The van der Waals surface area contributed by atoms with Crippen molar-refractivity contribution in [2.45, 2.75) is 59.4 Å². The van der Waals surface area contributed by atoms with Crippen LogP contribution in [0.2, 0.25) is 0 Å². The third-order valence-electron chi connectivity index (χ3n) is 5.18. The Bertz CT molecular complexity index is 925. The zero-order valence-electron chi connectivity index (χ0n) is 15.9. The molecule has 1 N–H and O–H groups in total. The Morgan fingerprint density at radius 3 is 2.69 bits per heavy atom. The Morgan fingerprint density at radius 1 is 1.19 bits per heavy atom. The predicted molar refractivity (Wildman–Crippen MR) is 104 cm³/mol. The van der Waals surface area contributed by atoms with Crippen molar-refractivity contribution in [3.8, 4) is 0 Å². The largest absolute Gasteiger partial charge is 0.354 e. The summed E-state index contributed by atoms with van der Waals surface area (Å²) in [6.45, 7) is 6.37. The van der Waals surface area contributed by atoms with E-state index in [1.807, 2.05) is 26.0 Å². The first-order valence-corrected chi connectivity index (χ1v) is 9.38. The molecule has 1 heterocycles. The van der Waals surface area contributed by atoms with E-state index in [2.05, 4.69) is 16.4 Å². The van der Waals surface area contributed by atoms with Gasteiger partial charge in [-0.25, -0.2) is 4.98 Å². The minimum Gasteiger partial charge on any atom is -0.354 e. The van der Waals surface area contributed by atoms with Crippen LogP contribution in [0.3, 0.4) is 0 Å². The first-order chi connectivity index (χ1) is 12.5. The second kappa shape index (κ2) is 7.85. The van der Waals surface area contributed by atoms with Crippen molar-refractivity contribution in [1.82, 2.24) is 14.9 Å². The number of aromatic nitrogens is 2. The topological polar surface area (TPSA) is 64.0 Å². The van der Waals surface area contributed by atoms with E-state index in [0.717, 1.165) is 35.9 Å². The lowest BCUT2D eigenvalue weighted by molar-refractivity contribution is -0.121. The van der Waals surface area contributed by atoms with Crippen LogP contribution in [0.15, 0.2) is 28.6 Å². The van der Waals surface area contributed by atoms with Crippen LogP contribution < -0.4 is 10.9 Å². The summed E-state index contributed by atoms with van der Waals surface area (Å²) < 4.78 is 1.54. The molecule has 3 rings (SSSR count). The third kappa shape index (κ3) is 4.03. The zero-order chi connectivity index (χ0) is 18.7. The molecule has 0 spiro atoms. The number of hydrogen-bond donors (Lipinski definition) is 1. The maximum Gasteiger partial charge on any atom is 0.272 e. The average molecular weight is 353 g/mol. The van der Waals surface area contributed by atoms with Crippen molar-refractivity contribution in [2.75, 3.05) is 6.54 Å². The Hall–Kier alpha value is -2.43. The molecule has 1 aromatic carbocycles. The number of amides is 1. The quantitative estimate of drug-likeness (QED) is 0.839. The number of hydrogen-bond acceptors (Lipinski definition) is 3. The number of carbonyl (C=O) groups is 1. The van der Waals surface area contributed by atoms with Gasteiger partial charge in [0.1, 0.15) is 12.2 Å². The molecule has 1 aliphatic carbocycles. The van der Waals surface area contributed by atoms with Crippen LogP contribution in [-0.2, 0) is 11.3 Å². The lowest BCUT2D eigenvalue weighted by atomic mass is 9.97. The predicted octanol–water partition coefficient (Wildman–Crippen LogP) is 3.33. The smallest absolute Gasteiger partial charge is 0.272 e. The van der Waals surface area contributed by atoms with Crippen LogP contribution in [0, 0.1) is 20.8 Å². The van der Waals surface area contributed by atoms with Gasteiger partial charge in [0, 0.05) is 6.54 Å². The van der Waals surface area contributed by atoms with Crippen molar-refractivity contribution in [1.29, 1.82) is 0 Å². The summed E-state index contributed by atoms with van der Waals surface area (Å²) >= 11 is 0. The van der Waals surface area contributed by atoms with E-state index >= 15 is 0 Å². The van der Waals surface area contributed by atoms with Crippen LogP contribution in [-0.4, -0.2) is 22.0 Å². The Morgan fingerprint density at radius 2 is 1.96 bits per heavy atom. The first kappa shape index (κ1) is 18.4. The summed E-state index contributed by atoms with van der Waals surface area (Å²) in [7, 11) is 0. The number of fused-ring (bicyclic) bond motifs is 1. The van der Waals surface area contributed by atoms with Crippen LogP contribution in [0.4, 0.5) is 0 Å². The highest BCUT2D eigenvalue weighted by Gasteiger charge is 2.13. The molecule has 0 saturated heterocycles. The summed E-state index contributed by atoms with van der Waals surface area (Å²) in [5.41, 5.74) is 5.33. The molecule has 138 valence electrons. The summed E-state index contributed by atoms with van der Waals surface area (Å²) in [5.74, 6) is -0.131. The van der Waals surface area contributed by atoms with Crippen LogP contribution >= 0.6 is 0 Å². The third-order valence-corrected chi connectivity index (χ3v) is 5.18. The zero-order valence-corrected chi connectivity index (χ0v) is 15.9. The molecule has 5 heteroatoms. The van der Waals surface area contributed by atoms with E-state index in [9.17, 15) is 9.59 Å². The van der Waals surface area contributed by atoms with Crippen molar-refractivity contribution < 1.29 is 4.79 Å². The maximum absolute atomic E-state index is 12.5. The second-order valence-corrected chi connectivity index (χ2v) is 7.22. The number of carbonyl (C=O) groups excluding carboxylic acids is 1. The molecule has 0 fully saturated rings. The van der Waals surface area contributed by atoms with Gasteiger partial charge >= 0.3 is 0 Å². The molecular formula is C21H27N3O2. The molecule has 1 aliphatic rings. The molecular weight excluding hydrogens is 326 g/mol. The molecule has 1 aromatic heterocycles. The van der Waals surface area contributed by atoms with Gasteiger partial charge in [0.15, 0.2) is 0 Å². The van der Waals surface area contributed by atoms with Gasteiger partial charge in [0.25, 0.3) is 5.56 Å². The highest BCUT2D eigenvalue weighted by Crippen LogP contribution is 2.19. The number of nitrogens with one attached hydrogen (secondary N) is 1. The van der Waals surface area contributed by atoms with E-state index in [0.29, 0.717) is 17.8 Å². The number of benzene rings is 1. The minimum absolute atomic E-state index is 0.0280. The highest BCUT2D eigenvalue weighted by molar-refractivity contribution is 5.81. The molecule has 0 unspecified atom stereocenters. The summed E-state index contributed by atoms with van der Waals surface area (Å²) in [6, 6.07) is 3.92. The van der Waals surface area contributed by atoms with Gasteiger partial charge in [0.2, 0.25) is 5.91 Å². The number of rotatable bonds is 5. The monoisotopic (exact) mass is 353 g/mol. The SMILES string of the molecule is Cc1cc2nc(C)c(=O)n(CC(=O)NCCC3=CCCCC3)c2cc1C. The highest BCUT2D eigenvalue weighted by atomic mass is 16.2. The van der Waals surface area contributed by atoms with Gasteiger partial charge in [0.05, 0.1) is 11.0 Å². The molecule has 2 aromatic rings. The van der Waals surface area contributed by atoms with Gasteiger partial charge in [-0.05, 0) is 76.1 Å². The molecule has 1 amide bonds. The van der Waals surface area contributed by atoms with E-state index in [1.54, 1.807) is 11.5 Å². The molecule has 0 aliphatic heterocycles. The minimum atomic E-state index is -0.203. The standard InChI is InChI=1S/C21H27N3O2/c1-14-11-18-19(12-15(14)2)24(21(26)16(3)23-18)13-20(25)22-10-9-17-7-5-4-6-8-17/h7,11-12H,4-6,8-10,13H2,1-3H3,(H,22,25). The molecule has 0 radical (unpaired) electrons. The summed E-state index contributed by atoms with van der Waals surface area (Å²) in [6.07, 6.45) is 8.00. The van der Waals surface area contributed by atoms with Gasteiger partial charge < -0.3 is 5.32 Å². The van der Waals surface area contributed by atoms with Crippen molar-refractivity contribution >= 4 is 16.9 Å². The van der Waals surface area contributed by atoms with E-state index in [-0.39, 0.29) is 18.0 Å². The first-order valence-electron chi connectivity index (χ1n) is 9.38. The Labute approximate surface area is 154 Å². The fourth-order valence-corrected chi connectivity index (χ4v) is 3.48. The van der Waals surface area contributed by atoms with Crippen molar-refractivity contribution in [3.63, 3.8) is 0 Å². The molecule has 26 heavy (non-hydrogen) atoms. The number of nitrogens with zero attached hydrogens (tertiary/aromatic N) is 2. The lowest BCUT2D eigenvalue weighted by Crippen LogP contribution is -2.34. The molecule has 0 bridgehead atoms. The van der Waals surface area contributed by atoms with Crippen molar-refractivity contribution in [2.24, 2.45) is 0 Å². The van der Waals surface area contributed by atoms with Crippen LogP contribution in [0.1, 0.15) is 48.9 Å². The maximum atomic E-state index is 12.5. The second-order valence-electron chi connectivity index (χ2n) is 7.22. The van der Waals surface area contributed by atoms with E-state index in [1.165, 1.54) is 18.4 Å². The van der Waals surface area contributed by atoms with Gasteiger partial charge in [-0.2, -0.15) is 0 Å². The van der Waals surface area contributed by atoms with Gasteiger partial charge in [-0.3, -0.25) is 14.2 Å². The molecule has 0 saturated carbocycles. The number of aryl methyl sites for hydroxylation is 3. The van der Waals surface area contributed by atoms with Crippen LogP contribution in [0.25, 0.3) is 11.0 Å². The number of allylic oxidation sites excluding steroid dienone is 1. The van der Waals surface area contributed by atoms with Gasteiger partial charge in [-0.1, -0.05) is 11.6 Å². The fourth-order valence-electron chi connectivity index (χ4n) is 3.48. The lowest BCUT2D eigenvalue weighted by Gasteiger charge is -2.14. The Balaban J connectivity index is 1.76. The van der Waals surface area contributed by atoms with Gasteiger partial charge in [-0.15, -0.1) is 0 Å². The van der Waals surface area contributed by atoms with E-state index < -0.39 is 0 Å². The molecule has 0 atom stereocenters. The molecule has 5 nitrogen and oxygen atoms in total. The Kier molecular flexibility index (Phi) is 5.55. The summed E-state index contributed by atoms with van der Waals surface area (Å²) in [4.78, 5) is 29.3. The average Bonchev–Trinajstić information content (AvgIpc) is 2.62. The summed E-state index contributed by atoms with van der Waals surface area (Å²) in [5, 5.41) is 2.96. The fraction of sp³-hybridized carbons (Fsp3) is 0.476. The van der Waals surface area contributed by atoms with E-state index in [4.69, 9.17) is 0 Å².